The number of aromatic nitrogens is 3. The lowest BCUT2D eigenvalue weighted by Gasteiger charge is -2.15. The summed E-state index contributed by atoms with van der Waals surface area (Å²) in [6.45, 7) is 0.267. The van der Waals surface area contributed by atoms with Gasteiger partial charge in [0, 0.05) is 12.9 Å². The Kier molecular flexibility index (Phi) is 4.68. The van der Waals surface area contributed by atoms with Crippen molar-refractivity contribution in [3.8, 4) is 17.2 Å². The van der Waals surface area contributed by atoms with E-state index in [1.807, 2.05) is 12.1 Å². The predicted octanol–water partition coefficient (Wildman–Crippen LogP) is 2.15. The average molecular weight is 298 g/mol. The lowest BCUT2D eigenvalue weighted by atomic mass is 10.2. The minimum absolute atomic E-state index is 0.267. The van der Waals surface area contributed by atoms with E-state index in [9.17, 15) is 0 Å². The molecule has 0 aliphatic rings. The maximum absolute atomic E-state index is 5.84. The monoisotopic (exact) mass is 297 g/mol. The topological polar surface area (TPSA) is 58.4 Å². The van der Waals surface area contributed by atoms with Crippen molar-refractivity contribution in [3.63, 3.8) is 0 Å². The lowest BCUT2D eigenvalue weighted by molar-refractivity contribution is 0.255. The van der Waals surface area contributed by atoms with Crippen LogP contribution in [0.1, 0.15) is 11.4 Å². The molecular formula is C13H16ClN3O3. The number of methoxy groups -OCH3 is 2. The van der Waals surface area contributed by atoms with Gasteiger partial charge in [-0.3, -0.25) is 4.68 Å². The molecule has 0 radical (unpaired) electrons. The fraction of sp³-hybridized carbons (Fsp3) is 0.385. The van der Waals surface area contributed by atoms with E-state index < -0.39 is 0 Å². The van der Waals surface area contributed by atoms with Crippen molar-refractivity contribution in [1.29, 1.82) is 0 Å². The van der Waals surface area contributed by atoms with E-state index in [-0.39, 0.29) is 6.61 Å². The van der Waals surface area contributed by atoms with Crippen LogP contribution >= 0.6 is 11.6 Å². The molecule has 1 heterocycles. The third kappa shape index (κ3) is 2.96. The SMILES string of the molecule is COc1cc(CCl)cc(OC)c1OCc1ncnn1C. The first-order valence-electron chi connectivity index (χ1n) is 5.96. The molecule has 0 fully saturated rings. The molecule has 0 unspecified atom stereocenters. The Morgan fingerprint density at radius 2 is 1.85 bits per heavy atom. The first kappa shape index (κ1) is 14.5. The van der Waals surface area contributed by atoms with Crippen LogP contribution in [0.2, 0.25) is 0 Å². The molecule has 20 heavy (non-hydrogen) atoms. The van der Waals surface area contributed by atoms with Gasteiger partial charge in [0.25, 0.3) is 0 Å². The molecule has 6 nitrogen and oxygen atoms in total. The summed E-state index contributed by atoms with van der Waals surface area (Å²) in [6.07, 6.45) is 1.48. The van der Waals surface area contributed by atoms with Crippen LogP contribution in [0.15, 0.2) is 18.5 Å². The Labute approximate surface area is 122 Å². The highest BCUT2D eigenvalue weighted by Gasteiger charge is 2.15. The van der Waals surface area contributed by atoms with Gasteiger partial charge in [-0.15, -0.1) is 11.6 Å². The molecule has 2 rings (SSSR count). The summed E-state index contributed by atoms with van der Waals surface area (Å²) in [7, 11) is 4.95. The van der Waals surface area contributed by atoms with Gasteiger partial charge in [-0.25, -0.2) is 4.98 Å². The third-order valence-corrected chi connectivity index (χ3v) is 3.13. The van der Waals surface area contributed by atoms with Crippen molar-refractivity contribution in [3.05, 3.63) is 29.8 Å². The zero-order chi connectivity index (χ0) is 14.5. The molecule has 0 aliphatic carbocycles. The van der Waals surface area contributed by atoms with Crippen molar-refractivity contribution in [2.75, 3.05) is 14.2 Å². The van der Waals surface area contributed by atoms with Gasteiger partial charge in [0.05, 0.1) is 14.2 Å². The number of ether oxygens (including phenoxy) is 3. The van der Waals surface area contributed by atoms with Gasteiger partial charge in [0.1, 0.15) is 12.9 Å². The Morgan fingerprint density at radius 3 is 2.30 bits per heavy atom. The van der Waals surface area contributed by atoms with Gasteiger partial charge in [-0.2, -0.15) is 5.10 Å². The number of hydrogen-bond donors (Lipinski definition) is 0. The minimum Gasteiger partial charge on any atom is -0.493 e. The minimum atomic E-state index is 0.267. The van der Waals surface area contributed by atoms with E-state index in [0.29, 0.717) is 29.0 Å². The Morgan fingerprint density at radius 1 is 1.20 bits per heavy atom. The maximum Gasteiger partial charge on any atom is 0.204 e. The average Bonchev–Trinajstić information content (AvgIpc) is 2.89. The number of benzene rings is 1. The molecule has 0 saturated heterocycles. The van der Waals surface area contributed by atoms with Gasteiger partial charge in [0.2, 0.25) is 5.75 Å². The molecule has 0 N–H and O–H groups in total. The van der Waals surface area contributed by atoms with E-state index in [2.05, 4.69) is 10.1 Å². The summed E-state index contributed by atoms with van der Waals surface area (Å²) in [5.74, 6) is 2.74. The summed E-state index contributed by atoms with van der Waals surface area (Å²) >= 11 is 5.84. The summed E-state index contributed by atoms with van der Waals surface area (Å²) < 4.78 is 18.1. The predicted molar refractivity (Wildman–Crippen MR) is 74.4 cm³/mol. The van der Waals surface area contributed by atoms with Gasteiger partial charge in [0.15, 0.2) is 17.3 Å². The van der Waals surface area contributed by atoms with Crippen molar-refractivity contribution < 1.29 is 14.2 Å². The molecule has 0 amide bonds. The molecular weight excluding hydrogens is 282 g/mol. The second-order valence-corrected chi connectivity index (χ2v) is 4.32. The van der Waals surface area contributed by atoms with E-state index in [1.165, 1.54) is 6.33 Å². The molecule has 1 aromatic carbocycles. The molecule has 0 atom stereocenters. The Bertz CT molecular complexity index is 561. The molecule has 2 aromatic rings. The fourth-order valence-electron chi connectivity index (χ4n) is 1.74. The van der Waals surface area contributed by atoms with Gasteiger partial charge >= 0.3 is 0 Å². The van der Waals surface area contributed by atoms with Crippen molar-refractivity contribution >= 4 is 11.6 Å². The van der Waals surface area contributed by atoms with Crippen LogP contribution in [-0.2, 0) is 19.5 Å². The van der Waals surface area contributed by atoms with Gasteiger partial charge in [-0.1, -0.05) is 0 Å². The van der Waals surface area contributed by atoms with Crippen LogP contribution in [0, 0.1) is 0 Å². The zero-order valence-corrected chi connectivity index (χ0v) is 12.3. The Hall–Kier alpha value is -1.95. The summed E-state index contributed by atoms with van der Waals surface area (Å²) in [4.78, 5) is 4.10. The number of halogens is 1. The van der Waals surface area contributed by atoms with E-state index in [0.717, 1.165) is 5.56 Å². The van der Waals surface area contributed by atoms with Crippen LogP contribution in [-0.4, -0.2) is 29.0 Å². The number of aryl methyl sites for hydroxylation is 1. The van der Waals surface area contributed by atoms with E-state index in [1.54, 1.807) is 25.9 Å². The molecule has 0 spiro atoms. The normalized spacial score (nSPS) is 10.4. The number of nitrogens with zero attached hydrogens (tertiary/aromatic N) is 3. The molecule has 108 valence electrons. The van der Waals surface area contributed by atoms with E-state index in [4.69, 9.17) is 25.8 Å². The number of hydrogen-bond acceptors (Lipinski definition) is 5. The number of alkyl halides is 1. The second-order valence-electron chi connectivity index (χ2n) is 4.05. The first-order valence-corrected chi connectivity index (χ1v) is 6.49. The fourth-order valence-corrected chi connectivity index (χ4v) is 1.90. The summed E-state index contributed by atoms with van der Waals surface area (Å²) in [5.41, 5.74) is 0.895. The summed E-state index contributed by atoms with van der Waals surface area (Å²) in [6, 6.07) is 3.64. The molecule has 1 aromatic heterocycles. The highest BCUT2D eigenvalue weighted by atomic mass is 35.5. The molecule has 0 bridgehead atoms. The van der Waals surface area contributed by atoms with Gasteiger partial charge < -0.3 is 14.2 Å². The Balaban J connectivity index is 2.27. The zero-order valence-electron chi connectivity index (χ0n) is 11.6. The van der Waals surface area contributed by atoms with Crippen LogP contribution in [0.3, 0.4) is 0 Å². The molecule has 7 heteroatoms. The van der Waals surface area contributed by atoms with Crippen LogP contribution in [0.25, 0.3) is 0 Å². The lowest BCUT2D eigenvalue weighted by Crippen LogP contribution is -2.06. The number of rotatable bonds is 6. The standard InChI is InChI=1S/C13H16ClN3O3/c1-17-12(15-8-16-17)7-20-13-10(18-2)4-9(6-14)5-11(13)19-3/h4-5,8H,6-7H2,1-3H3. The van der Waals surface area contributed by atoms with Crippen LogP contribution in [0.4, 0.5) is 0 Å². The van der Waals surface area contributed by atoms with E-state index >= 15 is 0 Å². The quantitative estimate of drug-likeness (QED) is 0.765. The third-order valence-electron chi connectivity index (χ3n) is 2.83. The highest BCUT2D eigenvalue weighted by Crippen LogP contribution is 2.39. The van der Waals surface area contributed by atoms with Crippen molar-refractivity contribution in [2.45, 2.75) is 12.5 Å². The largest absolute Gasteiger partial charge is 0.493 e. The second kappa shape index (κ2) is 6.47. The van der Waals surface area contributed by atoms with Gasteiger partial charge in [-0.05, 0) is 17.7 Å². The first-order chi connectivity index (χ1) is 9.69. The smallest absolute Gasteiger partial charge is 0.204 e. The van der Waals surface area contributed by atoms with Crippen LogP contribution < -0.4 is 14.2 Å². The highest BCUT2D eigenvalue weighted by molar-refractivity contribution is 6.17. The molecule has 0 saturated carbocycles. The van der Waals surface area contributed by atoms with Crippen molar-refractivity contribution in [1.82, 2.24) is 14.8 Å². The summed E-state index contributed by atoms with van der Waals surface area (Å²) in [5, 5.41) is 3.99. The van der Waals surface area contributed by atoms with Crippen LogP contribution in [0.5, 0.6) is 17.2 Å². The molecule has 0 aliphatic heterocycles. The van der Waals surface area contributed by atoms with Crippen molar-refractivity contribution in [2.24, 2.45) is 7.05 Å². The maximum atomic E-state index is 5.84.